The van der Waals surface area contributed by atoms with Crippen molar-refractivity contribution >= 4 is 27.8 Å². The molecule has 38 heavy (non-hydrogen) atoms. The number of nitrogens with one attached hydrogen (secondary N) is 3. The fraction of sp³-hybridized carbons (Fsp3) is 0.148. The summed E-state index contributed by atoms with van der Waals surface area (Å²) in [6.45, 7) is 1.51. The zero-order valence-electron chi connectivity index (χ0n) is 20.7. The van der Waals surface area contributed by atoms with Gasteiger partial charge in [-0.3, -0.25) is 15.1 Å². The van der Waals surface area contributed by atoms with Gasteiger partial charge in [0.2, 0.25) is 0 Å². The zero-order valence-corrected chi connectivity index (χ0v) is 20.7. The second kappa shape index (κ2) is 9.52. The van der Waals surface area contributed by atoms with Crippen molar-refractivity contribution in [2.24, 2.45) is 0 Å². The minimum Gasteiger partial charge on any atom is -0.506 e. The lowest BCUT2D eigenvalue weighted by Crippen LogP contribution is -2.20. The van der Waals surface area contributed by atoms with Crippen molar-refractivity contribution in [2.45, 2.75) is 0 Å². The highest BCUT2D eigenvalue weighted by Crippen LogP contribution is 2.33. The third-order valence-corrected chi connectivity index (χ3v) is 6.14. The molecule has 5 aromatic heterocycles. The number of hydrogen-bond donors (Lipinski definition) is 4. The summed E-state index contributed by atoms with van der Waals surface area (Å²) in [5.41, 5.74) is 6.56. The maximum absolute atomic E-state index is 14.6. The number of likely N-dealkylation sites (N-methyl/N-ethyl adjacent to an activating group) is 1. The van der Waals surface area contributed by atoms with E-state index in [-0.39, 0.29) is 11.6 Å². The number of H-pyrrole nitrogens is 2. The molecule has 6 aromatic rings. The molecule has 0 saturated carbocycles. The van der Waals surface area contributed by atoms with E-state index in [9.17, 15) is 9.50 Å². The Morgan fingerprint density at radius 1 is 0.921 bits per heavy atom. The van der Waals surface area contributed by atoms with Gasteiger partial charge in [0.1, 0.15) is 17.1 Å². The number of nitrogens with zero attached hydrogens (tertiary/aromatic N) is 6. The molecule has 5 heterocycles. The van der Waals surface area contributed by atoms with Crippen LogP contribution in [0.5, 0.6) is 5.75 Å². The van der Waals surface area contributed by atoms with Crippen LogP contribution in [0.4, 0.5) is 10.1 Å². The first-order valence-electron chi connectivity index (χ1n) is 12.0. The van der Waals surface area contributed by atoms with E-state index in [0.29, 0.717) is 62.7 Å². The van der Waals surface area contributed by atoms with Gasteiger partial charge >= 0.3 is 0 Å². The van der Waals surface area contributed by atoms with Crippen LogP contribution in [0.3, 0.4) is 0 Å². The summed E-state index contributed by atoms with van der Waals surface area (Å²) in [7, 11) is 3.98. The fourth-order valence-electron chi connectivity index (χ4n) is 4.32. The van der Waals surface area contributed by atoms with Crippen LogP contribution in [-0.4, -0.2) is 72.3 Å². The van der Waals surface area contributed by atoms with E-state index in [2.05, 4.69) is 35.4 Å². The van der Waals surface area contributed by atoms with Crippen molar-refractivity contribution in [3.05, 3.63) is 67.0 Å². The minimum absolute atomic E-state index is 0.0579. The lowest BCUT2D eigenvalue weighted by atomic mass is 10.1. The van der Waals surface area contributed by atoms with E-state index in [1.165, 1.54) is 18.3 Å². The predicted octanol–water partition coefficient (Wildman–Crippen LogP) is 4.44. The van der Waals surface area contributed by atoms with Gasteiger partial charge in [-0.05, 0) is 56.1 Å². The Morgan fingerprint density at radius 3 is 2.63 bits per heavy atom. The van der Waals surface area contributed by atoms with Crippen LogP contribution in [0.2, 0.25) is 0 Å². The van der Waals surface area contributed by atoms with Crippen LogP contribution in [0, 0.1) is 5.82 Å². The van der Waals surface area contributed by atoms with Crippen LogP contribution in [0.25, 0.3) is 56.0 Å². The van der Waals surface area contributed by atoms with Crippen molar-refractivity contribution < 1.29 is 9.50 Å². The molecule has 0 aliphatic heterocycles. The van der Waals surface area contributed by atoms with Crippen LogP contribution in [0.1, 0.15) is 0 Å². The highest BCUT2D eigenvalue weighted by molar-refractivity contribution is 5.96. The van der Waals surface area contributed by atoms with Crippen molar-refractivity contribution in [1.29, 1.82) is 0 Å². The predicted molar refractivity (Wildman–Crippen MR) is 144 cm³/mol. The maximum atomic E-state index is 14.6. The second-order valence-corrected chi connectivity index (χ2v) is 9.22. The summed E-state index contributed by atoms with van der Waals surface area (Å²) in [6, 6.07) is 10.1. The summed E-state index contributed by atoms with van der Waals surface area (Å²) in [6.07, 6.45) is 6.36. The molecule has 0 atom stereocenters. The van der Waals surface area contributed by atoms with E-state index < -0.39 is 0 Å². The lowest BCUT2D eigenvalue weighted by Gasteiger charge is -2.12. The Hall–Kier alpha value is -4.90. The molecule has 10 nitrogen and oxygen atoms in total. The molecule has 11 heteroatoms. The SMILES string of the molecule is CN(C)CCNc1cc(F)cc(-c2cncc3[nH]c(-c4n[nH]c5ccc(-c6cncc(O)c6)nc45)nc23)c1. The normalized spacial score (nSPS) is 11.6. The molecule has 0 saturated heterocycles. The number of fused-ring (bicyclic) bond motifs is 2. The van der Waals surface area contributed by atoms with Gasteiger partial charge < -0.3 is 20.3 Å². The Balaban J connectivity index is 1.40. The summed E-state index contributed by atoms with van der Waals surface area (Å²) < 4.78 is 14.6. The average molecular weight is 510 g/mol. The molecular formula is C27H24FN9O. The Labute approximate surface area is 216 Å². The van der Waals surface area contributed by atoms with Gasteiger partial charge in [0, 0.05) is 42.3 Å². The van der Waals surface area contributed by atoms with Gasteiger partial charge in [0.25, 0.3) is 0 Å². The second-order valence-electron chi connectivity index (χ2n) is 9.22. The number of benzene rings is 1. The number of aromatic hydroxyl groups is 1. The molecule has 0 unspecified atom stereocenters. The first-order valence-corrected chi connectivity index (χ1v) is 12.0. The van der Waals surface area contributed by atoms with E-state index in [1.54, 1.807) is 24.7 Å². The van der Waals surface area contributed by atoms with Crippen LogP contribution in [-0.2, 0) is 0 Å². The van der Waals surface area contributed by atoms with Crippen LogP contribution < -0.4 is 5.32 Å². The molecule has 0 amide bonds. The molecule has 0 aliphatic rings. The van der Waals surface area contributed by atoms with Crippen molar-refractivity contribution in [2.75, 3.05) is 32.5 Å². The molecule has 0 spiro atoms. The Kier molecular flexibility index (Phi) is 5.89. The number of aromatic nitrogens is 7. The number of hydrogen-bond acceptors (Lipinski definition) is 8. The molecule has 190 valence electrons. The summed E-state index contributed by atoms with van der Waals surface area (Å²) in [5, 5.41) is 20.5. The quantitative estimate of drug-likeness (QED) is 0.248. The number of aromatic amines is 2. The fourth-order valence-corrected chi connectivity index (χ4v) is 4.32. The van der Waals surface area contributed by atoms with Gasteiger partial charge in [-0.1, -0.05) is 0 Å². The molecule has 0 aliphatic carbocycles. The van der Waals surface area contributed by atoms with E-state index in [4.69, 9.17) is 9.97 Å². The standard InChI is InChI=1S/C27H24FN9O/c1-37(2)6-5-31-18-8-15(7-17(28)10-18)20-13-30-14-23-24(20)34-27(33-23)26-25-22(35-36-26)4-3-21(32-25)16-9-19(38)12-29-11-16/h3-4,7-14,31,38H,5-6H2,1-2H3,(H,33,34)(H,35,36). The number of rotatable bonds is 7. The highest BCUT2D eigenvalue weighted by Gasteiger charge is 2.18. The van der Waals surface area contributed by atoms with Gasteiger partial charge in [-0.15, -0.1) is 0 Å². The Morgan fingerprint density at radius 2 is 1.79 bits per heavy atom. The van der Waals surface area contributed by atoms with Gasteiger partial charge in [0.05, 0.1) is 34.6 Å². The summed E-state index contributed by atoms with van der Waals surface area (Å²) in [5.74, 6) is 0.210. The molecule has 0 bridgehead atoms. The third kappa shape index (κ3) is 4.50. The van der Waals surface area contributed by atoms with Gasteiger partial charge in [0.15, 0.2) is 11.5 Å². The first kappa shape index (κ1) is 23.5. The maximum Gasteiger partial charge on any atom is 0.161 e. The third-order valence-electron chi connectivity index (χ3n) is 6.14. The largest absolute Gasteiger partial charge is 0.506 e. The first-order chi connectivity index (χ1) is 18.4. The molecule has 0 radical (unpaired) electrons. The molecule has 1 aromatic carbocycles. The van der Waals surface area contributed by atoms with E-state index in [1.807, 2.05) is 32.3 Å². The number of anilines is 1. The summed E-state index contributed by atoms with van der Waals surface area (Å²) in [4.78, 5) is 23.3. The lowest BCUT2D eigenvalue weighted by molar-refractivity contribution is 0.425. The minimum atomic E-state index is -0.348. The van der Waals surface area contributed by atoms with Crippen LogP contribution >= 0.6 is 0 Å². The number of pyridine rings is 3. The highest BCUT2D eigenvalue weighted by atomic mass is 19.1. The number of imidazole rings is 1. The monoisotopic (exact) mass is 509 g/mol. The number of halogens is 1. The smallest absolute Gasteiger partial charge is 0.161 e. The molecule has 0 fully saturated rings. The Bertz CT molecular complexity index is 1780. The van der Waals surface area contributed by atoms with Crippen molar-refractivity contribution in [3.63, 3.8) is 0 Å². The van der Waals surface area contributed by atoms with Crippen molar-refractivity contribution in [3.8, 4) is 39.7 Å². The van der Waals surface area contributed by atoms with Gasteiger partial charge in [-0.2, -0.15) is 5.10 Å². The van der Waals surface area contributed by atoms with E-state index >= 15 is 0 Å². The van der Waals surface area contributed by atoms with Gasteiger partial charge in [-0.25, -0.2) is 14.4 Å². The molecule has 4 N–H and O–H groups in total. The average Bonchev–Trinajstić information content (AvgIpc) is 3.51. The van der Waals surface area contributed by atoms with Crippen molar-refractivity contribution in [1.82, 2.24) is 40.0 Å². The molecular weight excluding hydrogens is 485 g/mol. The molecule has 6 rings (SSSR count). The van der Waals surface area contributed by atoms with Crippen LogP contribution in [0.15, 0.2) is 61.2 Å². The zero-order chi connectivity index (χ0) is 26.2. The summed E-state index contributed by atoms with van der Waals surface area (Å²) >= 11 is 0. The topological polar surface area (TPSA) is 132 Å². The van der Waals surface area contributed by atoms with E-state index in [0.717, 1.165) is 12.1 Å².